The Bertz CT molecular complexity index is 961. The standard InChI is InChI=1S/C14H9Cl2N3O2S/c15-9-1-3-11(16)14(7-9)22(20,21)19-10-2-4-12-13(8-10)18-6-5-17-12/h1-8,19H. The molecule has 2 aromatic carbocycles. The van der Waals surface area contributed by atoms with Crippen LogP contribution in [0.4, 0.5) is 5.69 Å². The van der Waals surface area contributed by atoms with E-state index in [0.29, 0.717) is 16.7 Å². The summed E-state index contributed by atoms with van der Waals surface area (Å²) in [6.07, 6.45) is 3.10. The Morgan fingerprint density at radius 2 is 1.64 bits per heavy atom. The predicted molar refractivity (Wildman–Crippen MR) is 86.8 cm³/mol. The average molecular weight is 354 g/mol. The van der Waals surface area contributed by atoms with E-state index in [9.17, 15) is 8.42 Å². The van der Waals surface area contributed by atoms with Crippen molar-refractivity contribution in [3.63, 3.8) is 0 Å². The lowest BCUT2D eigenvalue weighted by Gasteiger charge is -2.10. The molecule has 0 atom stereocenters. The number of nitrogens with one attached hydrogen (secondary N) is 1. The van der Waals surface area contributed by atoms with Crippen molar-refractivity contribution in [3.8, 4) is 0 Å². The number of hydrogen-bond acceptors (Lipinski definition) is 4. The fraction of sp³-hybridized carbons (Fsp3) is 0. The van der Waals surface area contributed by atoms with E-state index in [-0.39, 0.29) is 14.9 Å². The molecule has 0 fully saturated rings. The summed E-state index contributed by atoms with van der Waals surface area (Å²) in [6.45, 7) is 0. The number of hydrogen-bond donors (Lipinski definition) is 1. The van der Waals surface area contributed by atoms with Gasteiger partial charge in [-0.25, -0.2) is 8.42 Å². The molecule has 112 valence electrons. The topological polar surface area (TPSA) is 72.0 Å². The zero-order valence-corrected chi connectivity index (χ0v) is 13.3. The highest BCUT2D eigenvalue weighted by Crippen LogP contribution is 2.27. The van der Waals surface area contributed by atoms with Gasteiger partial charge >= 0.3 is 0 Å². The van der Waals surface area contributed by atoms with E-state index >= 15 is 0 Å². The molecule has 1 aromatic heterocycles. The van der Waals surface area contributed by atoms with Gasteiger partial charge in [0.1, 0.15) is 4.90 Å². The summed E-state index contributed by atoms with van der Waals surface area (Å²) >= 11 is 11.8. The molecule has 1 heterocycles. The molecule has 8 heteroatoms. The van der Waals surface area contributed by atoms with Crippen LogP contribution in [0.25, 0.3) is 11.0 Å². The van der Waals surface area contributed by atoms with Crippen molar-refractivity contribution in [2.75, 3.05) is 4.72 Å². The smallest absolute Gasteiger partial charge is 0.263 e. The molecule has 0 aliphatic carbocycles. The summed E-state index contributed by atoms with van der Waals surface area (Å²) in [7, 11) is -3.85. The third-order valence-corrected chi connectivity index (χ3v) is 5.00. The van der Waals surface area contributed by atoms with Crippen LogP contribution < -0.4 is 4.72 Å². The quantitative estimate of drug-likeness (QED) is 0.778. The van der Waals surface area contributed by atoms with Crippen molar-refractivity contribution >= 4 is 49.9 Å². The molecule has 3 aromatic rings. The normalized spacial score (nSPS) is 11.5. The zero-order valence-electron chi connectivity index (χ0n) is 11.0. The van der Waals surface area contributed by atoms with Crippen molar-refractivity contribution in [3.05, 3.63) is 58.8 Å². The molecule has 0 aliphatic rings. The van der Waals surface area contributed by atoms with E-state index in [1.807, 2.05) is 0 Å². The van der Waals surface area contributed by atoms with Gasteiger partial charge in [-0.15, -0.1) is 0 Å². The molecule has 0 aliphatic heterocycles. The number of sulfonamides is 1. The Balaban J connectivity index is 2.01. The van der Waals surface area contributed by atoms with E-state index in [2.05, 4.69) is 14.7 Å². The fourth-order valence-electron chi connectivity index (χ4n) is 1.92. The van der Waals surface area contributed by atoms with Crippen LogP contribution >= 0.6 is 23.2 Å². The highest BCUT2D eigenvalue weighted by Gasteiger charge is 2.18. The molecular weight excluding hydrogens is 345 g/mol. The van der Waals surface area contributed by atoms with Crippen molar-refractivity contribution in [2.45, 2.75) is 4.90 Å². The fourth-order valence-corrected chi connectivity index (χ4v) is 3.73. The molecule has 3 rings (SSSR count). The van der Waals surface area contributed by atoms with E-state index in [1.54, 1.807) is 24.4 Å². The number of rotatable bonds is 3. The molecular formula is C14H9Cl2N3O2S. The van der Waals surface area contributed by atoms with Gasteiger partial charge in [0.25, 0.3) is 10.0 Å². The van der Waals surface area contributed by atoms with Gasteiger partial charge in [-0.05, 0) is 36.4 Å². The molecule has 0 amide bonds. The lowest BCUT2D eigenvalue weighted by Crippen LogP contribution is -2.13. The average Bonchev–Trinajstić information content (AvgIpc) is 2.49. The minimum atomic E-state index is -3.85. The second kappa shape index (κ2) is 5.72. The van der Waals surface area contributed by atoms with Crippen LogP contribution in [0.15, 0.2) is 53.7 Å². The van der Waals surface area contributed by atoms with Crippen LogP contribution in [-0.2, 0) is 10.0 Å². The monoisotopic (exact) mass is 353 g/mol. The second-order valence-electron chi connectivity index (χ2n) is 4.44. The number of nitrogens with zero attached hydrogens (tertiary/aromatic N) is 2. The van der Waals surface area contributed by atoms with E-state index < -0.39 is 10.0 Å². The van der Waals surface area contributed by atoms with Crippen molar-refractivity contribution in [2.24, 2.45) is 0 Å². The van der Waals surface area contributed by atoms with Crippen molar-refractivity contribution in [1.29, 1.82) is 0 Å². The van der Waals surface area contributed by atoms with Crippen molar-refractivity contribution in [1.82, 2.24) is 9.97 Å². The molecule has 5 nitrogen and oxygen atoms in total. The Kier molecular flexibility index (Phi) is 3.90. The van der Waals surface area contributed by atoms with Gasteiger partial charge < -0.3 is 0 Å². The zero-order chi connectivity index (χ0) is 15.7. The molecule has 0 spiro atoms. The number of aromatic nitrogens is 2. The van der Waals surface area contributed by atoms with Crippen LogP contribution in [0, 0.1) is 0 Å². The van der Waals surface area contributed by atoms with E-state index in [1.165, 1.54) is 24.4 Å². The first-order valence-electron chi connectivity index (χ1n) is 6.14. The minimum absolute atomic E-state index is 0.0825. The van der Waals surface area contributed by atoms with Gasteiger partial charge in [0.15, 0.2) is 0 Å². The maximum absolute atomic E-state index is 12.4. The molecule has 0 saturated carbocycles. The van der Waals surface area contributed by atoms with E-state index in [0.717, 1.165) is 0 Å². The highest BCUT2D eigenvalue weighted by atomic mass is 35.5. The summed E-state index contributed by atoms with van der Waals surface area (Å²) in [4.78, 5) is 8.17. The lowest BCUT2D eigenvalue weighted by atomic mass is 10.3. The third kappa shape index (κ3) is 2.99. The summed E-state index contributed by atoms with van der Waals surface area (Å²) in [5.41, 5.74) is 1.62. The predicted octanol–water partition coefficient (Wildman–Crippen LogP) is 3.74. The van der Waals surface area contributed by atoms with Crippen molar-refractivity contribution < 1.29 is 8.42 Å². The first-order valence-corrected chi connectivity index (χ1v) is 8.38. The van der Waals surface area contributed by atoms with Crippen LogP contribution in [-0.4, -0.2) is 18.4 Å². The summed E-state index contributed by atoms with van der Waals surface area (Å²) in [5, 5.41) is 0.381. The van der Waals surface area contributed by atoms with Crippen LogP contribution in [0.5, 0.6) is 0 Å². The Morgan fingerprint density at radius 3 is 2.41 bits per heavy atom. The van der Waals surface area contributed by atoms with Gasteiger partial charge in [-0.3, -0.25) is 14.7 Å². The molecule has 1 N–H and O–H groups in total. The Morgan fingerprint density at radius 1 is 0.909 bits per heavy atom. The third-order valence-electron chi connectivity index (χ3n) is 2.90. The van der Waals surface area contributed by atoms with Gasteiger partial charge in [-0.1, -0.05) is 23.2 Å². The number of anilines is 1. The Hall–Kier alpha value is -1.89. The number of benzene rings is 2. The molecule has 0 radical (unpaired) electrons. The van der Waals surface area contributed by atoms with Gasteiger partial charge in [0.05, 0.1) is 21.7 Å². The molecule has 0 unspecified atom stereocenters. The molecule has 22 heavy (non-hydrogen) atoms. The lowest BCUT2D eigenvalue weighted by molar-refractivity contribution is 0.601. The van der Waals surface area contributed by atoms with Gasteiger partial charge in [0.2, 0.25) is 0 Å². The minimum Gasteiger partial charge on any atom is -0.280 e. The van der Waals surface area contributed by atoms with Crippen LogP contribution in [0.1, 0.15) is 0 Å². The van der Waals surface area contributed by atoms with E-state index in [4.69, 9.17) is 23.2 Å². The summed E-state index contributed by atoms with van der Waals surface area (Å²) in [5.74, 6) is 0. The number of halogens is 2. The molecule has 0 saturated heterocycles. The SMILES string of the molecule is O=S(=O)(Nc1ccc2nccnc2c1)c1cc(Cl)ccc1Cl. The van der Waals surface area contributed by atoms with Crippen LogP contribution in [0.2, 0.25) is 10.0 Å². The Labute approximate surface area is 137 Å². The largest absolute Gasteiger partial charge is 0.280 e. The summed E-state index contributed by atoms with van der Waals surface area (Å²) in [6, 6.07) is 9.14. The van der Waals surface area contributed by atoms with Crippen LogP contribution in [0.3, 0.4) is 0 Å². The first kappa shape index (κ1) is 15.0. The maximum Gasteiger partial charge on any atom is 0.263 e. The van der Waals surface area contributed by atoms with Gasteiger partial charge in [-0.2, -0.15) is 0 Å². The molecule has 0 bridgehead atoms. The van der Waals surface area contributed by atoms with Gasteiger partial charge in [0, 0.05) is 17.4 Å². The number of fused-ring (bicyclic) bond motifs is 1. The maximum atomic E-state index is 12.4. The summed E-state index contributed by atoms with van der Waals surface area (Å²) < 4.78 is 27.3. The highest BCUT2D eigenvalue weighted by molar-refractivity contribution is 7.92. The first-order chi connectivity index (χ1) is 10.5. The second-order valence-corrected chi connectivity index (χ2v) is 6.93.